The monoisotopic (exact) mass is 506 g/mol. The van der Waals surface area contributed by atoms with Gasteiger partial charge in [0.2, 0.25) is 5.82 Å². The Morgan fingerprint density at radius 2 is 2.03 bits per heavy atom. The minimum absolute atomic E-state index is 0.0339. The van der Waals surface area contributed by atoms with Gasteiger partial charge in [0.05, 0.1) is 42.5 Å². The van der Waals surface area contributed by atoms with E-state index in [0.717, 1.165) is 4.57 Å². The van der Waals surface area contributed by atoms with Gasteiger partial charge in [-0.25, -0.2) is 0 Å². The number of carbonyl (C=O) groups is 1. The second-order valence-corrected chi connectivity index (χ2v) is 7.86. The van der Waals surface area contributed by atoms with E-state index in [-0.39, 0.29) is 34.3 Å². The molecule has 1 aromatic heterocycles. The molecule has 4 rings (SSSR count). The number of hydrogen-bond acceptors (Lipinski definition) is 7. The first kappa shape index (κ1) is 24.5. The molecule has 3 aromatic rings. The Kier molecular flexibility index (Phi) is 6.69. The maximum absolute atomic E-state index is 13.9. The lowest BCUT2D eigenvalue weighted by molar-refractivity contribution is -0.147. The summed E-state index contributed by atoms with van der Waals surface area (Å²) >= 11 is 6.55. The number of nitriles is 1. The van der Waals surface area contributed by atoms with Crippen molar-refractivity contribution in [1.29, 1.82) is 5.26 Å². The SMILES string of the molecule is CCOC(=O)C[C@@H]1O[C@@H](c2cccc(OC)c2Cl)c2cc(C#N)ccc2-n2c1nnc2C(F)(F)F. The van der Waals surface area contributed by atoms with Crippen LogP contribution in [0.15, 0.2) is 36.4 Å². The van der Waals surface area contributed by atoms with E-state index in [1.54, 1.807) is 25.1 Å². The fourth-order valence-corrected chi connectivity index (χ4v) is 4.20. The molecule has 1 aliphatic rings. The summed E-state index contributed by atoms with van der Waals surface area (Å²) in [6, 6.07) is 11.0. The van der Waals surface area contributed by atoms with Crippen LogP contribution in [0.25, 0.3) is 5.69 Å². The molecule has 0 saturated carbocycles. The number of methoxy groups -OCH3 is 1. The summed E-state index contributed by atoms with van der Waals surface area (Å²) in [7, 11) is 1.42. The molecule has 0 amide bonds. The zero-order valence-corrected chi connectivity index (χ0v) is 19.2. The van der Waals surface area contributed by atoms with Crippen molar-refractivity contribution in [3.8, 4) is 17.5 Å². The third kappa shape index (κ3) is 4.54. The zero-order chi connectivity index (χ0) is 25.3. The number of alkyl halides is 3. The highest BCUT2D eigenvalue weighted by molar-refractivity contribution is 6.32. The summed E-state index contributed by atoms with van der Waals surface area (Å²) in [5.74, 6) is -1.92. The number of nitrogens with zero attached hydrogens (tertiary/aromatic N) is 4. The first-order valence-electron chi connectivity index (χ1n) is 10.4. The van der Waals surface area contributed by atoms with Gasteiger partial charge in [-0.3, -0.25) is 9.36 Å². The van der Waals surface area contributed by atoms with Gasteiger partial charge in [-0.15, -0.1) is 10.2 Å². The molecule has 8 nitrogen and oxygen atoms in total. The van der Waals surface area contributed by atoms with Crippen molar-refractivity contribution in [2.24, 2.45) is 0 Å². The normalized spacial score (nSPS) is 17.1. The van der Waals surface area contributed by atoms with Gasteiger partial charge in [-0.1, -0.05) is 23.7 Å². The number of carbonyl (C=O) groups excluding carboxylic acids is 1. The molecule has 182 valence electrons. The van der Waals surface area contributed by atoms with Gasteiger partial charge in [0.1, 0.15) is 18.0 Å². The standard InChI is InChI=1S/C23H18ClF3N4O4/c1-3-34-18(32)10-17-21-29-30-22(23(25,26)27)31(21)15-8-7-12(11-28)9-14(15)20(35-17)13-5-4-6-16(33-2)19(13)24/h4-9,17,20H,3,10H2,1-2H3/t17-,20-/m0/s1. The molecule has 0 unspecified atom stereocenters. The van der Waals surface area contributed by atoms with Gasteiger partial charge in [0.25, 0.3) is 0 Å². The summed E-state index contributed by atoms with van der Waals surface area (Å²) in [6.07, 6.45) is -7.65. The van der Waals surface area contributed by atoms with Gasteiger partial charge in [-0.05, 0) is 31.2 Å². The third-order valence-corrected chi connectivity index (χ3v) is 5.77. The summed E-state index contributed by atoms with van der Waals surface area (Å²) in [5.41, 5.74) is 0.788. The van der Waals surface area contributed by atoms with E-state index in [4.69, 9.17) is 25.8 Å². The fourth-order valence-electron chi connectivity index (χ4n) is 3.90. The van der Waals surface area contributed by atoms with Crippen molar-refractivity contribution in [2.75, 3.05) is 13.7 Å². The Balaban J connectivity index is 2.01. The molecule has 0 spiro atoms. The van der Waals surface area contributed by atoms with Gasteiger partial charge in [0, 0.05) is 11.1 Å². The smallest absolute Gasteiger partial charge is 0.452 e. The number of fused-ring (bicyclic) bond motifs is 3. The zero-order valence-electron chi connectivity index (χ0n) is 18.5. The lowest BCUT2D eigenvalue weighted by Gasteiger charge is -2.23. The second-order valence-electron chi connectivity index (χ2n) is 7.48. The van der Waals surface area contributed by atoms with Crippen LogP contribution in [0.2, 0.25) is 5.02 Å². The van der Waals surface area contributed by atoms with E-state index in [1.807, 2.05) is 6.07 Å². The van der Waals surface area contributed by atoms with Crippen molar-refractivity contribution < 1.29 is 32.2 Å². The maximum Gasteiger partial charge on any atom is 0.452 e. The van der Waals surface area contributed by atoms with Gasteiger partial charge in [-0.2, -0.15) is 18.4 Å². The average Bonchev–Trinajstić information content (AvgIpc) is 3.23. The molecule has 0 aliphatic carbocycles. The van der Waals surface area contributed by atoms with E-state index in [0.29, 0.717) is 11.3 Å². The van der Waals surface area contributed by atoms with Crippen LogP contribution in [0.1, 0.15) is 53.9 Å². The third-order valence-electron chi connectivity index (χ3n) is 5.36. The van der Waals surface area contributed by atoms with E-state index < -0.39 is 36.6 Å². The number of aromatic nitrogens is 3. The quantitative estimate of drug-likeness (QED) is 0.452. The highest BCUT2D eigenvalue weighted by Crippen LogP contribution is 2.46. The molecule has 12 heteroatoms. The summed E-state index contributed by atoms with van der Waals surface area (Å²) < 4.78 is 59.1. The molecule has 0 bridgehead atoms. The number of rotatable bonds is 5. The first-order valence-corrected chi connectivity index (χ1v) is 10.8. The Labute approximate surface area is 202 Å². The van der Waals surface area contributed by atoms with E-state index in [1.165, 1.54) is 25.3 Å². The second kappa shape index (κ2) is 9.56. The minimum Gasteiger partial charge on any atom is -0.495 e. The molecule has 0 N–H and O–H groups in total. The molecule has 2 aromatic carbocycles. The highest BCUT2D eigenvalue weighted by atomic mass is 35.5. The summed E-state index contributed by atoms with van der Waals surface area (Å²) in [4.78, 5) is 12.3. The number of esters is 1. The van der Waals surface area contributed by atoms with Crippen LogP contribution in [-0.4, -0.2) is 34.5 Å². The molecular formula is C23H18ClF3N4O4. The number of halogens is 4. The lowest BCUT2D eigenvalue weighted by Crippen LogP contribution is -2.18. The highest BCUT2D eigenvalue weighted by Gasteiger charge is 2.43. The molecule has 0 saturated heterocycles. The van der Waals surface area contributed by atoms with Crippen molar-refractivity contribution >= 4 is 17.6 Å². The van der Waals surface area contributed by atoms with Crippen LogP contribution in [0.5, 0.6) is 5.75 Å². The van der Waals surface area contributed by atoms with E-state index in [2.05, 4.69) is 10.2 Å². The van der Waals surface area contributed by atoms with Gasteiger partial charge >= 0.3 is 12.1 Å². The van der Waals surface area contributed by atoms with Crippen LogP contribution < -0.4 is 4.74 Å². The molecule has 35 heavy (non-hydrogen) atoms. The van der Waals surface area contributed by atoms with Crippen molar-refractivity contribution in [3.63, 3.8) is 0 Å². The number of hydrogen-bond donors (Lipinski definition) is 0. The van der Waals surface area contributed by atoms with E-state index in [9.17, 15) is 23.2 Å². The molecule has 0 fully saturated rings. The molecule has 0 radical (unpaired) electrons. The first-order chi connectivity index (χ1) is 16.7. The van der Waals surface area contributed by atoms with Crippen LogP contribution in [-0.2, 0) is 20.4 Å². The number of benzene rings is 2. The Morgan fingerprint density at radius 3 is 2.69 bits per heavy atom. The molecule has 1 aliphatic heterocycles. The molecule has 2 heterocycles. The fraction of sp³-hybridized carbons (Fsp3) is 0.304. The Hall–Kier alpha value is -3.62. The lowest BCUT2D eigenvalue weighted by atomic mass is 9.97. The molecule has 2 atom stereocenters. The predicted octanol–water partition coefficient (Wildman–Crippen LogP) is 4.93. The minimum atomic E-state index is -4.86. The van der Waals surface area contributed by atoms with Crippen LogP contribution in [0.3, 0.4) is 0 Å². The summed E-state index contributed by atoms with van der Waals surface area (Å²) in [6.45, 7) is 1.68. The van der Waals surface area contributed by atoms with Crippen LogP contribution >= 0.6 is 11.6 Å². The number of ether oxygens (including phenoxy) is 3. The van der Waals surface area contributed by atoms with Crippen LogP contribution in [0.4, 0.5) is 13.2 Å². The van der Waals surface area contributed by atoms with Crippen LogP contribution in [0, 0.1) is 11.3 Å². The van der Waals surface area contributed by atoms with E-state index >= 15 is 0 Å². The summed E-state index contributed by atoms with van der Waals surface area (Å²) in [5, 5.41) is 16.7. The Bertz CT molecular complexity index is 1320. The van der Waals surface area contributed by atoms with Crippen molar-refractivity contribution in [2.45, 2.75) is 31.7 Å². The van der Waals surface area contributed by atoms with Crippen molar-refractivity contribution in [1.82, 2.24) is 14.8 Å². The maximum atomic E-state index is 13.9. The largest absolute Gasteiger partial charge is 0.495 e. The average molecular weight is 507 g/mol. The topological polar surface area (TPSA) is 99.3 Å². The predicted molar refractivity (Wildman–Crippen MR) is 116 cm³/mol. The molecular weight excluding hydrogens is 489 g/mol. The Morgan fingerprint density at radius 1 is 1.26 bits per heavy atom. The van der Waals surface area contributed by atoms with Gasteiger partial charge in [0.15, 0.2) is 5.82 Å². The van der Waals surface area contributed by atoms with Gasteiger partial charge < -0.3 is 14.2 Å². The van der Waals surface area contributed by atoms with Crippen molar-refractivity contribution in [3.05, 3.63) is 69.8 Å².